The molecule has 19 heavy (non-hydrogen) atoms. The Labute approximate surface area is 115 Å². The molecule has 0 saturated heterocycles. The first-order valence-electron chi connectivity index (χ1n) is 5.86. The molecule has 0 aromatic heterocycles. The van der Waals surface area contributed by atoms with Crippen molar-refractivity contribution in [3.63, 3.8) is 0 Å². The Balaban J connectivity index is 1.94. The van der Waals surface area contributed by atoms with Gasteiger partial charge in [0, 0.05) is 17.1 Å². The van der Waals surface area contributed by atoms with Gasteiger partial charge < -0.3 is 15.2 Å². The van der Waals surface area contributed by atoms with E-state index in [1.807, 2.05) is 0 Å². The smallest absolute Gasteiger partial charge is 0.307 e. The summed E-state index contributed by atoms with van der Waals surface area (Å²) in [4.78, 5) is 22.4. The monoisotopic (exact) mass is 283 g/mol. The molecule has 1 saturated carbocycles. The van der Waals surface area contributed by atoms with Crippen molar-refractivity contribution in [2.75, 3.05) is 7.11 Å². The molecule has 0 aliphatic heterocycles. The van der Waals surface area contributed by atoms with Gasteiger partial charge in [0.2, 0.25) is 5.91 Å². The fourth-order valence-electron chi connectivity index (χ4n) is 1.96. The molecule has 1 aromatic rings. The molecule has 1 aromatic carbocycles. The Morgan fingerprint density at radius 2 is 2.21 bits per heavy atom. The van der Waals surface area contributed by atoms with E-state index in [9.17, 15) is 9.59 Å². The second-order valence-electron chi connectivity index (χ2n) is 4.46. The number of aliphatic carboxylic acids is 1. The highest BCUT2D eigenvalue weighted by Gasteiger charge is 2.48. The molecule has 2 atom stereocenters. The number of carboxylic acids is 1. The minimum atomic E-state index is -0.916. The number of carbonyl (C=O) groups is 2. The summed E-state index contributed by atoms with van der Waals surface area (Å²) in [5.74, 6) is -1.48. The zero-order valence-corrected chi connectivity index (χ0v) is 11.1. The van der Waals surface area contributed by atoms with Crippen molar-refractivity contribution in [3.05, 3.63) is 28.8 Å². The molecule has 1 aliphatic carbocycles. The number of methoxy groups -OCH3 is 1. The summed E-state index contributed by atoms with van der Waals surface area (Å²) in [7, 11) is 1.54. The number of carbonyl (C=O) groups excluding carboxylic acids is 1. The van der Waals surface area contributed by atoms with Gasteiger partial charge >= 0.3 is 5.97 Å². The quantitative estimate of drug-likeness (QED) is 0.862. The van der Waals surface area contributed by atoms with Crippen molar-refractivity contribution in [3.8, 4) is 5.75 Å². The third kappa shape index (κ3) is 3.17. The average molecular weight is 284 g/mol. The highest BCUT2D eigenvalue weighted by atomic mass is 35.5. The van der Waals surface area contributed by atoms with Crippen LogP contribution in [0.25, 0.3) is 0 Å². The topological polar surface area (TPSA) is 75.6 Å². The van der Waals surface area contributed by atoms with Crippen LogP contribution in [0.3, 0.4) is 0 Å². The van der Waals surface area contributed by atoms with E-state index in [1.54, 1.807) is 18.2 Å². The molecule has 0 bridgehead atoms. The first kappa shape index (κ1) is 13.7. The Kier molecular flexibility index (Phi) is 3.95. The summed E-state index contributed by atoms with van der Waals surface area (Å²) in [5, 5.41) is 12.0. The Morgan fingerprint density at radius 3 is 2.79 bits per heavy atom. The summed E-state index contributed by atoms with van der Waals surface area (Å²) < 4.78 is 5.16. The zero-order valence-electron chi connectivity index (χ0n) is 10.4. The molecule has 2 N–H and O–H groups in total. The number of hydrogen-bond acceptors (Lipinski definition) is 3. The van der Waals surface area contributed by atoms with E-state index in [0.717, 1.165) is 5.56 Å². The lowest BCUT2D eigenvalue weighted by molar-refractivity contribution is -0.140. The standard InChI is InChI=1S/C13H14ClNO4/c1-19-11-3-2-8(14)4-7(11)6-15-12(16)9-5-10(9)13(17)18/h2-4,9-10H,5-6H2,1H3,(H,15,16)(H,17,18)/t9-,10+/m1/s1. The first-order chi connectivity index (χ1) is 9.02. The number of carboxylic acid groups (broad SMARTS) is 1. The van der Waals surface area contributed by atoms with Crippen molar-refractivity contribution in [2.24, 2.45) is 11.8 Å². The van der Waals surface area contributed by atoms with Crippen LogP contribution < -0.4 is 10.1 Å². The van der Waals surface area contributed by atoms with E-state index >= 15 is 0 Å². The van der Waals surface area contributed by atoms with Gasteiger partial charge in [0.15, 0.2) is 0 Å². The Hall–Kier alpha value is -1.75. The number of halogens is 1. The number of rotatable bonds is 5. The highest BCUT2D eigenvalue weighted by Crippen LogP contribution is 2.38. The average Bonchev–Trinajstić information content (AvgIpc) is 3.16. The van der Waals surface area contributed by atoms with E-state index in [-0.39, 0.29) is 12.5 Å². The lowest BCUT2D eigenvalue weighted by atomic mass is 10.2. The van der Waals surface area contributed by atoms with Crippen LogP contribution in [0.15, 0.2) is 18.2 Å². The molecule has 0 unspecified atom stereocenters. The van der Waals surface area contributed by atoms with Crippen LogP contribution in [0.4, 0.5) is 0 Å². The summed E-state index contributed by atoms with van der Waals surface area (Å²) >= 11 is 5.88. The number of hydrogen-bond donors (Lipinski definition) is 2. The lowest BCUT2D eigenvalue weighted by Gasteiger charge is -2.10. The van der Waals surface area contributed by atoms with Gasteiger partial charge in [0.05, 0.1) is 18.9 Å². The second kappa shape index (κ2) is 5.48. The van der Waals surface area contributed by atoms with Gasteiger partial charge in [0.25, 0.3) is 0 Å². The minimum absolute atomic E-state index is 0.241. The van der Waals surface area contributed by atoms with Crippen LogP contribution >= 0.6 is 11.6 Å². The van der Waals surface area contributed by atoms with E-state index in [4.69, 9.17) is 21.4 Å². The maximum absolute atomic E-state index is 11.7. The van der Waals surface area contributed by atoms with Crippen LogP contribution in [0.5, 0.6) is 5.75 Å². The predicted molar refractivity (Wildman–Crippen MR) is 69.1 cm³/mol. The molecule has 0 spiro atoms. The molecule has 6 heteroatoms. The highest BCUT2D eigenvalue weighted by molar-refractivity contribution is 6.30. The van der Waals surface area contributed by atoms with Gasteiger partial charge in [-0.1, -0.05) is 11.6 Å². The molecular weight excluding hydrogens is 270 g/mol. The van der Waals surface area contributed by atoms with Crippen molar-refractivity contribution in [1.82, 2.24) is 5.32 Å². The predicted octanol–water partition coefficient (Wildman–Crippen LogP) is 1.69. The molecule has 0 radical (unpaired) electrons. The van der Waals surface area contributed by atoms with Crippen molar-refractivity contribution >= 4 is 23.5 Å². The minimum Gasteiger partial charge on any atom is -0.496 e. The summed E-state index contributed by atoms with van der Waals surface area (Å²) in [6, 6.07) is 5.14. The molecule has 5 nitrogen and oxygen atoms in total. The van der Waals surface area contributed by atoms with Gasteiger partial charge in [-0.15, -0.1) is 0 Å². The van der Waals surface area contributed by atoms with Crippen molar-refractivity contribution in [2.45, 2.75) is 13.0 Å². The second-order valence-corrected chi connectivity index (χ2v) is 4.90. The molecule has 1 fully saturated rings. The summed E-state index contributed by atoms with van der Waals surface area (Å²) in [5.41, 5.74) is 0.760. The zero-order chi connectivity index (χ0) is 14.0. The first-order valence-corrected chi connectivity index (χ1v) is 6.23. The molecule has 2 rings (SSSR count). The number of nitrogens with one attached hydrogen (secondary N) is 1. The Bertz CT molecular complexity index is 517. The maximum atomic E-state index is 11.7. The maximum Gasteiger partial charge on any atom is 0.307 e. The molecular formula is C13H14ClNO4. The molecule has 1 amide bonds. The van der Waals surface area contributed by atoms with Crippen molar-refractivity contribution in [1.29, 1.82) is 0 Å². The van der Waals surface area contributed by atoms with Crippen LogP contribution in [0.2, 0.25) is 5.02 Å². The largest absolute Gasteiger partial charge is 0.496 e. The third-order valence-corrected chi connectivity index (χ3v) is 3.38. The fraction of sp³-hybridized carbons (Fsp3) is 0.385. The van der Waals surface area contributed by atoms with Crippen molar-refractivity contribution < 1.29 is 19.4 Å². The van der Waals surface area contributed by atoms with Gasteiger partial charge in [-0.3, -0.25) is 9.59 Å². The molecule has 0 heterocycles. The normalized spacial score (nSPS) is 20.7. The van der Waals surface area contributed by atoms with Crippen LogP contribution in [-0.2, 0) is 16.1 Å². The SMILES string of the molecule is COc1ccc(Cl)cc1CNC(=O)[C@@H]1C[C@@H]1C(=O)O. The number of amides is 1. The Morgan fingerprint density at radius 1 is 1.47 bits per heavy atom. The van der Waals surface area contributed by atoms with Gasteiger partial charge in [0.1, 0.15) is 5.75 Å². The van der Waals surface area contributed by atoms with Gasteiger partial charge in [-0.25, -0.2) is 0 Å². The van der Waals surface area contributed by atoms with Gasteiger partial charge in [-0.2, -0.15) is 0 Å². The van der Waals surface area contributed by atoms with E-state index in [2.05, 4.69) is 5.32 Å². The third-order valence-electron chi connectivity index (χ3n) is 3.14. The van der Waals surface area contributed by atoms with E-state index in [1.165, 1.54) is 7.11 Å². The summed E-state index contributed by atoms with van der Waals surface area (Å²) in [6.07, 6.45) is 0.411. The van der Waals surface area contributed by atoms with E-state index < -0.39 is 17.8 Å². The molecule has 102 valence electrons. The number of benzene rings is 1. The van der Waals surface area contributed by atoms with Crippen LogP contribution in [-0.4, -0.2) is 24.1 Å². The van der Waals surface area contributed by atoms with Gasteiger partial charge in [-0.05, 0) is 24.6 Å². The summed E-state index contributed by atoms with van der Waals surface area (Å²) in [6.45, 7) is 0.269. The lowest BCUT2D eigenvalue weighted by Crippen LogP contribution is -2.26. The number of ether oxygens (including phenoxy) is 1. The van der Waals surface area contributed by atoms with Crippen LogP contribution in [0.1, 0.15) is 12.0 Å². The van der Waals surface area contributed by atoms with Crippen LogP contribution in [0, 0.1) is 11.8 Å². The van der Waals surface area contributed by atoms with E-state index in [0.29, 0.717) is 17.2 Å². The molecule has 1 aliphatic rings. The fourth-order valence-corrected chi connectivity index (χ4v) is 2.15.